The van der Waals surface area contributed by atoms with Gasteiger partial charge in [-0.25, -0.2) is 0 Å². The number of rotatable bonds is 9. The Morgan fingerprint density at radius 1 is 1.22 bits per heavy atom. The fraction of sp³-hybridized carbons (Fsp3) is 0.526. The Hall–Kier alpha value is -1.23. The molecule has 0 aliphatic rings. The Bertz CT molecular complexity index is 491. The van der Waals surface area contributed by atoms with E-state index < -0.39 is 14.4 Å². The fourth-order valence-electron chi connectivity index (χ4n) is 1.95. The van der Waals surface area contributed by atoms with Crippen molar-refractivity contribution in [3.05, 3.63) is 48.6 Å². The van der Waals surface area contributed by atoms with Crippen molar-refractivity contribution in [3.8, 4) is 0 Å². The van der Waals surface area contributed by atoms with Crippen LogP contribution in [0.25, 0.3) is 0 Å². The number of hydrogen-bond acceptors (Lipinski definition) is 3. The van der Waals surface area contributed by atoms with E-state index >= 15 is 0 Å². The zero-order chi connectivity index (χ0) is 17.5. The second-order valence-corrected chi connectivity index (χ2v) is 12.1. The Labute approximate surface area is 141 Å². The van der Waals surface area contributed by atoms with Crippen LogP contribution >= 0.6 is 0 Å². The molecule has 2 atom stereocenters. The minimum atomic E-state index is -2.03. The second kappa shape index (κ2) is 8.57. The van der Waals surface area contributed by atoms with Gasteiger partial charge in [0.15, 0.2) is 8.32 Å². The molecule has 0 unspecified atom stereocenters. The molecule has 0 heterocycles. The molecule has 23 heavy (non-hydrogen) atoms. The van der Waals surface area contributed by atoms with E-state index in [0.29, 0.717) is 13.0 Å². The van der Waals surface area contributed by atoms with Gasteiger partial charge in [0.05, 0.1) is 12.7 Å². The topological polar surface area (TPSA) is 35.5 Å². The van der Waals surface area contributed by atoms with Crippen molar-refractivity contribution < 1.29 is 14.0 Å². The van der Waals surface area contributed by atoms with Crippen molar-refractivity contribution in [1.82, 2.24) is 0 Å². The molecule has 0 fully saturated rings. The minimum absolute atomic E-state index is 0.0480. The Kier molecular flexibility index (Phi) is 7.38. The van der Waals surface area contributed by atoms with E-state index in [1.54, 1.807) is 6.08 Å². The van der Waals surface area contributed by atoms with Crippen LogP contribution in [0.2, 0.25) is 18.1 Å². The summed E-state index contributed by atoms with van der Waals surface area (Å²) in [5.41, 5.74) is 1.08. The summed E-state index contributed by atoms with van der Waals surface area (Å²) in [4.78, 5) is 11.6. The number of benzene rings is 1. The maximum atomic E-state index is 11.6. The largest absolute Gasteiger partial charge is 0.405 e. The van der Waals surface area contributed by atoms with Crippen LogP contribution in [0.5, 0.6) is 0 Å². The van der Waals surface area contributed by atoms with E-state index in [2.05, 4.69) is 40.4 Å². The minimum Gasteiger partial charge on any atom is -0.405 e. The average Bonchev–Trinajstić information content (AvgIpc) is 2.49. The molecule has 0 saturated heterocycles. The first kappa shape index (κ1) is 19.8. The van der Waals surface area contributed by atoms with Crippen molar-refractivity contribution in [2.45, 2.75) is 64.1 Å². The molecule has 1 aromatic carbocycles. The van der Waals surface area contributed by atoms with Gasteiger partial charge in [-0.2, -0.15) is 0 Å². The normalized spacial score (nSPS) is 15.0. The van der Waals surface area contributed by atoms with Crippen molar-refractivity contribution in [1.29, 1.82) is 0 Å². The standard InChI is InChI=1S/C19H30O3Si/c1-7-11-17(21-15-16-12-9-8-10-13-16)18(14-20)22-23(5,6)19(2,3)4/h7-10,12-14,17-18H,1,11,15H2,2-6H3/t17-,18+/m0/s1. The summed E-state index contributed by atoms with van der Waals surface area (Å²) >= 11 is 0. The van der Waals surface area contributed by atoms with E-state index in [9.17, 15) is 4.79 Å². The third-order valence-corrected chi connectivity index (χ3v) is 8.92. The summed E-state index contributed by atoms with van der Waals surface area (Å²) in [6.07, 6.45) is 2.38. The third kappa shape index (κ3) is 6.05. The highest BCUT2D eigenvalue weighted by molar-refractivity contribution is 6.74. The SMILES string of the molecule is C=CC[C@H](OCc1ccccc1)[C@@H](C=O)O[Si](C)(C)C(C)(C)C. The van der Waals surface area contributed by atoms with E-state index in [0.717, 1.165) is 11.8 Å². The molecule has 3 nitrogen and oxygen atoms in total. The smallest absolute Gasteiger partial charge is 0.193 e. The predicted molar refractivity (Wildman–Crippen MR) is 98.0 cm³/mol. The van der Waals surface area contributed by atoms with Crippen LogP contribution in [0, 0.1) is 0 Å². The van der Waals surface area contributed by atoms with E-state index in [-0.39, 0.29) is 11.1 Å². The lowest BCUT2D eigenvalue weighted by Gasteiger charge is -2.39. The van der Waals surface area contributed by atoms with Crippen LogP contribution in [0.3, 0.4) is 0 Å². The Balaban J connectivity index is 2.79. The van der Waals surface area contributed by atoms with Gasteiger partial charge < -0.3 is 14.0 Å². The molecule has 0 radical (unpaired) electrons. The van der Waals surface area contributed by atoms with Crippen LogP contribution in [0.15, 0.2) is 43.0 Å². The third-order valence-electron chi connectivity index (χ3n) is 4.44. The first-order chi connectivity index (χ1) is 10.7. The molecular formula is C19H30O3Si. The van der Waals surface area contributed by atoms with Gasteiger partial charge in [-0.3, -0.25) is 0 Å². The van der Waals surface area contributed by atoms with Gasteiger partial charge >= 0.3 is 0 Å². The molecule has 0 aliphatic heterocycles. The number of carbonyl (C=O) groups is 1. The molecule has 0 saturated carbocycles. The quantitative estimate of drug-likeness (QED) is 0.372. The van der Waals surface area contributed by atoms with E-state index in [1.807, 2.05) is 30.3 Å². The highest BCUT2D eigenvalue weighted by Crippen LogP contribution is 2.37. The zero-order valence-electron chi connectivity index (χ0n) is 15.0. The van der Waals surface area contributed by atoms with Crippen molar-refractivity contribution in [2.24, 2.45) is 0 Å². The van der Waals surface area contributed by atoms with E-state index in [1.165, 1.54) is 0 Å². The Morgan fingerprint density at radius 3 is 2.30 bits per heavy atom. The van der Waals surface area contributed by atoms with Gasteiger partial charge in [-0.1, -0.05) is 57.2 Å². The second-order valence-electron chi connectivity index (χ2n) is 7.34. The van der Waals surface area contributed by atoms with E-state index in [4.69, 9.17) is 9.16 Å². The summed E-state index contributed by atoms with van der Waals surface area (Å²) in [7, 11) is -2.03. The Morgan fingerprint density at radius 2 is 1.83 bits per heavy atom. The first-order valence-electron chi connectivity index (χ1n) is 8.11. The maximum absolute atomic E-state index is 11.6. The molecule has 0 amide bonds. The van der Waals surface area contributed by atoms with Gasteiger partial charge in [0.1, 0.15) is 12.4 Å². The molecular weight excluding hydrogens is 304 g/mol. The molecule has 1 rings (SSSR count). The van der Waals surface area contributed by atoms with Crippen LogP contribution in [0.1, 0.15) is 32.8 Å². The highest BCUT2D eigenvalue weighted by Gasteiger charge is 2.40. The number of ether oxygens (including phenoxy) is 1. The molecule has 1 aromatic rings. The van der Waals surface area contributed by atoms with Crippen molar-refractivity contribution >= 4 is 14.6 Å². The van der Waals surface area contributed by atoms with Crippen LogP contribution in [-0.4, -0.2) is 26.8 Å². The number of carbonyl (C=O) groups excluding carboxylic acids is 1. The van der Waals surface area contributed by atoms with Gasteiger partial charge in [0, 0.05) is 0 Å². The molecule has 128 valence electrons. The molecule has 0 bridgehead atoms. The summed E-state index contributed by atoms with van der Waals surface area (Å²) in [6.45, 7) is 15.0. The zero-order valence-corrected chi connectivity index (χ0v) is 16.0. The van der Waals surface area contributed by atoms with Crippen molar-refractivity contribution in [3.63, 3.8) is 0 Å². The summed E-state index contributed by atoms with van der Waals surface area (Å²) in [5.74, 6) is 0. The maximum Gasteiger partial charge on any atom is 0.193 e. The summed E-state index contributed by atoms with van der Waals surface area (Å²) < 4.78 is 12.2. The summed E-state index contributed by atoms with van der Waals surface area (Å²) in [6, 6.07) is 9.94. The molecule has 0 N–H and O–H groups in total. The van der Waals surface area contributed by atoms with Gasteiger partial charge in [0.2, 0.25) is 0 Å². The van der Waals surface area contributed by atoms with Gasteiger partial charge in [-0.05, 0) is 30.1 Å². The molecule has 0 aliphatic carbocycles. The van der Waals surface area contributed by atoms with Crippen molar-refractivity contribution in [2.75, 3.05) is 0 Å². The monoisotopic (exact) mass is 334 g/mol. The number of aldehydes is 1. The van der Waals surface area contributed by atoms with Gasteiger partial charge in [-0.15, -0.1) is 6.58 Å². The van der Waals surface area contributed by atoms with Crippen LogP contribution < -0.4 is 0 Å². The molecule has 0 spiro atoms. The average molecular weight is 335 g/mol. The van der Waals surface area contributed by atoms with Gasteiger partial charge in [0.25, 0.3) is 0 Å². The number of hydrogen-bond donors (Lipinski definition) is 0. The predicted octanol–water partition coefficient (Wildman–Crippen LogP) is 4.74. The first-order valence-corrected chi connectivity index (χ1v) is 11.0. The van der Waals surface area contributed by atoms with Crippen LogP contribution in [0.4, 0.5) is 0 Å². The lowest BCUT2D eigenvalue weighted by molar-refractivity contribution is -0.122. The fourth-order valence-corrected chi connectivity index (χ4v) is 3.19. The highest BCUT2D eigenvalue weighted by atomic mass is 28.4. The lowest BCUT2D eigenvalue weighted by atomic mass is 10.1. The molecule has 0 aromatic heterocycles. The lowest BCUT2D eigenvalue weighted by Crippen LogP contribution is -2.48. The van der Waals surface area contributed by atoms with Crippen LogP contribution in [-0.2, 0) is 20.6 Å². The summed E-state index contributed by atoms with van der Waals surface area (Å²) in [5, 5.41) is 0.0480. The molecule has 4 heteroatoms.